The molecule has 0 saturated heterocycles. The van der Waals surface area contributed by atoms with Gasteiger partial charge in [0.2, 0.25) is 5.88 Å². The minimum atomic E-state index is 0.420. The molecule has 1 aliphatic rings. The van der Waals surface area contributed by atoms with Crippen LogP contribution in [0.5, 0.6) is 5.88 Å². The molecule has 1 heterocycles. The number of nitrogens with zero attached hydrogens (tertiary/aromatic N) is 2. The molecule has 1 fully saturated rings. The number of anilines is 1. The molecule has 4 nitrogen and oxygen atoms in total. The molecule has 1 aliphatic carbocycles. The fourth-order valence-corrected chi connectivity index (χ4v) is 2.94. The van der Waals surface area contributed by atoms with Gasteiger partial charge < -0.3 is 10.1 Å². The Morgan fingerprint density at radius 3 is 2.64 bits per heavy atom. The first-order chi connectivity index (χ1) is 10.8. The molecule has 0 radical (unpaired) electrons. The van der Waals surface area contributed by atoms with Crippen molar-refractivity contribution in [3.8, 4) is 5.88 Å². The maximum absolute atomic E-state index is 6.24. The Morgan fingerprint density at radius 1 is 1.09 bits per heavy atom. The van der Waals surface area contributed by atoms with Crippen molar-refractivity contribution in [1.29, 1.82) is 0 Å². The first kappa shape index (κ1) is 15.1. The van der Waals surface area contributed by atoms with E-state index in [2.05, 4.69) is 15.3 Å². The summed E-state index contributed by atoms with van der Waals surface area (Å²) in [5.41, 5.74) is 1.81. The number of benzene rings is 1. The Morgan fingerprint density at radius 2 is 1.86 bits per heavy atom. The topological polar surface area (TPSA) is 47.0 Å². The lowest BCUT2D eigenvalue weighted by Gasteiger charge is -2.24. The van der Waals surface area contributed by atoms with Gasteiger partial charge in [0.25, 0.3) is 0 Å². The van der Waals surface area contributed by atoms with Gasteiger partial charge in [-0.25, -0.2) is 4.98 Å². The van der Waals surface area contributed by atoms with Crippen LogP contribution in [-0.2, 0) is 6.61 Å². The highest BCUT2D eigenvalue weighted by Crippen LogP contribution is 2.32. The predicted octanol–water partition coefficient (Wildman–Crippen LogP) is 4.45. The second-order valence-electron chi connectivity index (χ2n) is 5.60. The standard InChI is InChI=1S/C17H20ClN3O/c18-16-15(21-14-9-5-2-6-10-14)17(20-12-19-16)22-11-13-7-3-1-4-8-13/h1,3-4,7-8,12,14,21H,2,5-6,9-11H2. The van der Waals surface area contributed by atoms with Gasteiger partial charge in [-0.3, -0.25) is 0 Å². The number of hydrogen-bond acceptors (Lipinski definition) is 4. The van der Waals surface area contributed by atoms with Crippen molar-refractivity contribution in [1.82, 2.24) is 9.97 Å². The van der Waals surface area contributed by atoms with Crippen LogP contribution in [0.2, 0.25) is 5.15 Å². The fourth-order valence-electron chi connectivity index (χ4n) is 2.76. The van der Waals surface area contributed by atoms with Crippen molar-refractivity contribution >= 4 is 17.3 Å². The van der Waals surface area contributed by atoms with E-state index in [1.165, 1.54) is 25.6 Å². The number of hydrogen-bond donors (Lipinski definition) is 1. The van der Waals surface area contributed by atoms with E-state index < -0.39 is 0 Å². The molecule has 1 aromatic carbocycles. The highest BCUT2D eigenvalue weighted by molar-refractivity contribution is 6.32. The molecule has 0 unspecified atom stereocenters. The Hall–Kier alpha value is -1.81. The molecule has 22 heavy (non-hydrogen) atoms. The molecular weight excluding hydrogens is 298 g/mol. The van der Waals surface area contributed by atoms with Crippen molar-refractivity contribution in [2.24, 2.45) is 0 Å². The van der Waals surface area contributed by atoms with Gasteiger partial charge in [-0.15, -0.1) is 0 Å². The summed E-state index contributed by atoms with van der Waals surface area (Å²) in [5, 5.41) is 3.89. The number of nitrogens with one attached hydrogen (secondary N) is 1. The first-order valence-electron chi connectivity index (χ1n) is 7.76. The van der Waals surface area contributed by atoms with E-state index in [-0.39, 0.29) is 0 Å². The van der Waals surface area contributed by atoms with Crippen LogP contribution < -0.4 is 10.1 Å². The van der Waals surface area contributed by atoms with Crippen molar-refractivity contribution in [2.45, 2.75) is 44.8 Å². The summed E-state index contributed by atoms with van der Waals surface area (Å²) in [6.07, 6.45) is 7.57. The molecule has 0 amide bonds. The Balaban J connectivity index is 1.71. The molecule has 5 heteroatoms. The van der Waals surface area contributed by atoms with Crippen LogP contribution in [0.1, 0.15) is 37.7 Å². The fraction of sp³-hybridized carbons (Fsp3) is 0.412. The number of aromatic nitrogens is 2. The van der Waals surface area contributed by atoms with Crippen LogP contribution in [0.4, 0.5) is 5.69 Å². The molecule has 0 spiro atoms. The zero-order valence-electron chi connectivity index (χ0n) is 12.5. The molecule has 0 atom stereocenters. The summed E-state index contributed by atoms with van der Waals surface area (Å²) < 4.78 is 5.85. The van der Waals surface area contributed by atoms with Crippen LogP contribution in [0.25, 0.3) is 0 Å². The third-order valence-corrected chi connectivity index (χ3v) is 4.22. The van der Waals surface area contributed by atoms with E-state index in [1.807, 2.05) is 30.3 Å². The van der Waals surface area contributed by atoms with Gasteiger partial charge in [0.15, 0.2) is 5.15 Å². The molecule has 116 valence electrons. The van der Waals surface area contributed by atoms with Crippen LogP contribution in [-0.4, -0.2) is 16.0 Å². The number of ether oxygens (including phenoxy) is 1. The Kier molecular flexibility index (Phi) is 5.11. The van der Waals surface area contributed by atoms with Crippen LogP contribution in [0.3, 0.4) is 0 Å². The first-order valence-corrected chi connectivity index (χ1v) is 8.14. The number of halogens is 1. The van der Waals surface area contributed by atoms with E-state index in [4.69, 9.17) is 16.3 Å². The molecule has 3 rings (SSSR count). The molecule has 2 aromatic rings. The summed E-state index contributed by atoms with van der Waals surface area (Å²) in [7, 11) is 0. The lowest BCUT2D eigenvalue weighted by Crippen LogP contribution is -2.23. The summed E-state index contributed by atoms with van der Waals surface area (Å²) in [6.45, 7) is 0.466. The largest absolute Gasteiger partial charge is 0.471 e. The third-order valence-electron chi connectivity index (χ3n) is 3.94. The third kappa shape index (κ3) is 3.89. The van der Waals surface area contributed by atoms with Crippen LogP contribution in [0, 0.1) is 0 Å². The predicted molar refractivity (Wildman–Crippen MR) is 88.3 cm³/mol. The minimum Gasteiger partial charge on any atom is -0.471 e. The molecule has 1 N–H and O–H groups in total. The zero-order chi connectivity index (χ0) is 15.2. The Labute approximate surface area is 135 Å². The lowest BCUT2D eigenvalue weighted by molar-refractivity contribution is 0.294. The van der Waals surface area contributed by atoms with Gasteiger partial charge in [-0.2, -0.15) is 4.98 Å². The lowest BCUT2D eigenvalue weighted by atomic mass is 9.95. The van der Waals surface area contributed by atoms with E-state index in [1.54, 1.807) is 0 Å². The quantitative estimate of drug-likeness (QED) is 0.827. The molecule has 0 aliphatic heterocycles. The summed E-state index contributed by atoms with van der Waals surface area (Å²) >= 11 is 6.24. The highest BCUT2D eigenvalue weighted by atomic mass is 35.5. The summed E-state index contributed by atoms with van der Waals surface area (Å²) in [6, 6.07) is 10.4. The summed E-state index contributed by atoms with van der Waals surface area (Å²) in [5.74, 6) is 0.523. The highest BCUT2D eigenvalue weighted by Gasteiger charge is 2.18. The van der Waals surface area contributed by atoms with Gasteiger partial charge in [0.1, 0.15) is 18.6 Å². The van der Waals surface area contributed by atoms with Gasteiger partial charge in [-0.05, 0) is 18.4 Å². The van der Waals surface area contributed by atoms with Crippen molar-refractivity contribution in [3.63, 3.8) is 0 Å². The van der Waals surface area contributed by atoms with E-state index in [0.29, 0.717) is 29.4 Å². The van der Waals surface area contributed by atoms with Gasteiger partial charge in [-0.1, -0.05) is 61.2 Å². The van der Waals surface area contributed by atoms with E-state index in [0.717, 1.165) is 18.4 Å². The van der Waals surface area contributed by atoms with E-state index in [9.17, 15) is 0 Å². The SMILES string of the molecule is Clc1ncnc(OCc2ccccc2)c1NC1CCCCC1. The monoisotopic (exact) mass is 317 g/mol. The average Bonchev–Trinajstić information content (AvgIpc) is 2.57. The zero-order valence-corrected chi connectivity index (χ0v) is 13.2. The smallest absolute Gasteiger partial charge is 0.242 e. The minimum absolute atomic E-state index is 0.420. The number of rotatable bonds is 5. The maximum Gasteiger partial charge on any atom is 0.242 e. The maximum atomic E-state index is 6.24. The van der Waals surface area contributed by atoms with E-state index >= 15 is 0 Å². The van der Waals surface area contributed by atoms with Gasteiger partial charge in [0.05, 0.1) is 0 Å². The summed E-state index contributed by atoms with van der Waals surface area (Å²) in [4.78, 5) is 8.31. The normalized spacial score (nSPS) is 15.5. The average molecular weight is 318 g/mol. The molecule has 1 aromatic heterocycles. The molecular formula is C17H20ClN3O. The van der Waals surface area contributed by atoms with Crippen molar-refractivity contribution in [2.75, 3.05) is 5.32 Å². The molecule has 1 saturated carbocycles. The Bertz CT molecular complexity index is 600. The van der Waals surface area contributed by atoms with Gasteiger partial charge >= 0.3 is 0 Å². The van der Waals surface area contributed by atoms with Crippen molar-refractivity contribution < 1.29 is 4.74 Å². The van der Waals surface area contributed by atoms with Gasteiger partial charge in [0, 0.05) is 6.04 Å². The second kappa shape index (κ2) is 7.45. The van der Waals surface area contributed by atoms with Crippen molar-refractivity contribution in [3.05, 3.63) is 47.4 Å². The molecule has 0 bridgehead atoms. The van der Waals surface area contributed by atoms with Crippen LogP contribution in [0.15, 0.2) is 36.7 Å². The van der Waals surface area contributed by atoms with Crippen LogP contribution >= 0.6 is 11.6 Å². The second-order valence-corrected chi connectivity index (χ2v) is 5.96.